The molecule has 2 rings (SSSR count). The molecule has 6 atom stereocenters. The van der Waals surface area contributed by atoms with Gasteiger partial charge in [-0.15, -0.1) is 40.5 Å². The van der Waals surface area contributed by atoms with E-state index in [-0.39, 0.29) is 6.42 Å². The molecule has 2 saturated carbocycles. The summed E-state index contributed by atoms with van der Waals surface area (Å²) in [5, 5.41) is 36.9. The minimum Gasteiger partial charge on any atom is -0.308 e. The Kier molecular flexibility index (Phi) is 4.14. The molecular weight excluding hydrogens is 332 g/mol. The standard InChI is InChI=1S/C7H8N4O12/c12-8(13)20-4-2-1-3(2)5(21-9(14)15)7(23-11(18)19)6(4)22-10(16)17/h2-7H,1H2. The normalized spacial score (nSPS) is 34.4. The highest BCUT2D eigenvalue weighted by molar-refractivity contribution is 5.08. The third kappa shape index (κ3) is 3.52. The van der Waals surface area contributed by atoms with Gasteiger partial charge in [0.25, 0.3) is 20.3 Å². The minimum absolute atomic E-state index is 0.103. The average Bonchev–Trinajstić information content (AvgIpc) is 3.16. The number of fused-ring (bicyclic) bond motifs is 1. The molecule has 6 unspecified atom stereocenters. The van der Waals surface area contributed by atoms with Gasteiger partial charge in [0.1, 0.15) is 12.2 Å². The molecule has 0 heterocycles. The Labute approximate surface area is 124 Å². The average molecular weight is 340 g/mol. The summed E-state index contributed by atoms with van der Waals surface area (Å²) in [6, 6.07) is 0. The van der Waals surface area contributed by atoms with E-state index in [1.807, 2.05) is 0 Å². The molecule has 0 aromatic heterocycles. The van der Waals surface area contributed by atoms with E-state index < -0.39 is 56.6 Å². The monoisotopic (exact) mass is 340 g/mol. The van der Waals surface area contributed by atoms with Crippen LogP contribution in [0.2, 0.25) is 0 Å². The minimum atomic E-state index is -1.95. The maximum atomic E-state index is 10.5. The first kappa shape index (κ1) is 16.2. The van der Waals surface area contributed by atoms with Crippen LogP contribution in [0.25, 0.3) is 0 Å². The van der Waals surface area contributed by atoms with E-state index in [0.717, 1.165) is 0 Å². The summed E-state index contributed by atoms with van der Waals surface area (Å²) in [5.74, 6) is -1.47. The fourth-order valence-corrected chi connectivity index (χ4v) is 2.77. The van der Waals surface area contributed by atoms with Crippen LogP contribution in [-0.4, -0.2) is 44.8 Å². The van der Waals surface area contributed by atoms with Crippen LogP contribution < -0.4 is 0 Å². The molecule has 0 amide bonds. The molecule has 0 radical (unpaired) electrons. The van der Waals surface area contributed by atoms with E-state index in [0.29, 0.717) is 0 Å². The zero-order valence-corrected chi connectivity index (χ0v) is 10.9. The van der Waals surface area contributed by atoms with Gasteiger partial charge >= 0.3 is 0 Å². The topological polar surface area (TPSA) is 209 Å². The lowest BCUT2D eigenvalue weighted by Crippen LogP contribution is -2.57. The Morgan fingerprint density at radius 1 is 0.565 bits per heavy atom. The first-order valence-electron chi connectivity index (χ1n) is 5.95. The maximum absolute atomic E-state index is 10.5. The van der Waals surface area contributed by atoms with Crippen molar-refractivity contribution in [1.29, 1.82) is 0 Å². The Morgan fingerprint density at radius 2 is 0.826 bits per heavy atom. The smallest absolute Gasteiger partial charge is 0.294 e. The third-order valence-electron chi connectivity index (χ3n) is 3.54. The van der Waals surface area contributed by atoms with E-state index >= 15 is 0 Å². The predicted octanol–water partition coefficient (Wildman–Crippen LogP) is -1.06. The van der Waals surface area contributed by atoms with Gasteiger partial charge < -0.3 is 19.4 Å². The molecule has 0 saturated heterocycles. The molecule has 2 fully saturated rings. The van der Waals surface area contributed by atoms with E-state index in [9.17, 15) is 40.5 Å². The number of rotatable bonds is 8. The summed E-state index contributed by atoms with van der Waals surface area (Å²) in [4.78, 5) is 59.0. The number of hydrogen-bond donors (Lipinski definition) is 0. The first-order chi connectivity index (χ1) is 10.7. The van der Waals surface area contributed by atoms with Crippen molar-refractivity contribution in [3.05, 3.63) is 40.5 Å². The van der Waals surface area contributed by atoms with Gasteiger partial charge in [-0.2, -0.15) is 0 Å². The van der Waals surface area contributed by atoms with Crippen molar-refractivity contribution in [3.63, 3.8) is 0 Å². The van der Waals surface area contributed by atoms with Gasteiger partial charge in [0.05, 0.1) is 0 Å². The highest BCUT2D eigenvalue weighted by Crippen LogP contribution is 2.53. The molecule has 0 aliphatic heterocycles. The number of nitrogens with zero attached hydrogens (tertiary/aromatic N) is 4. The van der Waals surface area contributed by atoms with Crippen molar-refractivity contribution in [2.45, 2.75) is 30.8 Å². The molecule has 16 heteroatoms. The summed E-state index contributed by atoms with van der Waals surface area (Å²) in [6.07, 6.45) is -6.91. The molecule has 2 aliphatic carbocycles. The molecule has 0 aromatic rings. The lowest BCUT2D eigenvalue weighted by molar-refractivity contribution is -0.830. The summed E-state index contributed by atoms with van der Waals surface area (Å²) in [5.41, 5.74) is 0. The first-order valence-corrected chi connectivity index (χ1v) is 5.95. The van der Waals surface area contributed by atoms with Crippen molar-refractivity contribution in [2.24, 2.45) is 11.8 Å². The molecule has 16 nitrogen and oxygen atoms in total. The summed E-state index contributed by atoms with van der Waals surface area (Å²) in [6.45, 7) is 0. The Bertz CT molecular complexity index is 494. The van der Waals surface area contributed by atoms with Crippen LogP contribution in [-0.2, 0) is 19.4 Å². The second-order valence-corrected chi connectivity index (χ2v) is 4.74. The van der Waals surface area contributed by atoms with Gasteiger partial charge in [0, 0.05) is 0 Å². The molecule has 0 spiro atoms. The second kappa shape index (κ2) is 5.89. The Hall–Kier alpha value is -3.20. The van der Waals surface area contributed by atoms with Gasteiger partial charge in [0.2, 0.25) is 0 Å². The highest BCUT2D eigenvalue weighted by atomic mass is 17.0. The van der Waals surface area contributed by atoms with E-state index in [1.54, 1.807) is 0 Å². The van der Waals surface area contributed by atoms with E-state index in [2.05, 4.69) is 19.4 Å². The van der Waals surface area contributed by atoms with Crippen LogP contribution in [0.1, 0.15) is 6.42 Å². The van der Waals surface area contributed by atoms with Crippen LogP contribution in [0.4, 0.5) is 0 Å². The molecular formula is C7H8N4O12. The second-order valence-electron chi connectivity index (χ2n) is 4.74. The molecule has 0 aromatic carbocycles. The van der Waals surface area contributed by atoms with Crippen LogP contribution >= 0.6 is 0 Å². The fourth-order valence-electron chi connectivity index (χ4n) is 2.77. The van der Waals surface area contributed by atoms with Gasteiger partial charge in [-0.05, 0) is 18.3 Å². The summed E-state index contributed by atoms with van der Waals surface area (Å²) >= 11 is 0. The van der Waals surface area contributed by atoms with Crippen LogP contribution in [0.5, 0.6) is 0 Å². The number of hydrogen-bond acceptors (Lipinski definition) is 12. The van der Waals surface area contributed by atoms with Crippen LogP contribution in [0, 0.1) is 52.3 Å². The Balaban J connectivity index is 2.31. The predicted molar refractivity (Wildman–Crippen MR) is 59.1 cm³/mol. The lowest BCUT2D eigenvalue weighted by atomic mass is 9.89. The SMILES string of the molecule is O=[N+]([O-])OC1C2CC2C(O[N+](=O)[O-])C(O[N+](=O)[O-])C1O[N+](=O)[O-]. The van der Waals surface area contributed by atoms with E-state index in [4.69, 9.17) is 0 Å². The maximum Gasteiger partial charge on any atom is 0.294 e. The van der Waals surface area contributed by atoms with Crippen molar-refractivity contribution in [1.82, 2.24) is 0 Å². The lowest BCUT2D eigenvalue weighted by Gasteiger charge is -2.36. The van der Waals surface area contributed by atoms with Crippen molar-refractivity contribution in [2.75, 3.05) is 0 Å². The van der Waals surface area contributed by atoms with Crippen molar-refractivity contribution >= 4 is 0 Å². The zero-order chi connectivity index (χ0) is 17.3. The molecule has 23 heavy (non-hydrogen) atoms. The van der Waals surface area contributed by atoms with Gasteiger partial charge in [-0.3, -0.25) is 0 Å². The van der Waals surface area contributed by atoms with Gasteiger partial charge in [0.15, 0.2) is 12.2 Å². The quantitative estimate of drug-likeness (QED) is 0.382. The fraction of sp³-hybridized carbons (Fsp3) is 1.00. The van der Waals surface area contributed by atoms with Crippen molar-refractivity contribution in [3.8, 4) is 0 Å². The third-order valence-corrected chi connectivity index (χ3v) is 3.54. The van der Waals surface area contributed by atoms with Crippen LogP contribution in [0.3, 0.4) is 0 Å². The van der Waals surface area contributed by atoms with Crippen molar-refractivity contribution < 1.29 is 39.7 Å². The molecule has 0 N–H and O–H groups in total. The largest absolute Gasteiger partial charge is 0.308 e. The molecule has 2 aliphatic rings. The van der Waals surface area contributed by atoms with Gasteiger partial charge in [-0.25, -0.2) is 0 Å². The molecule has 128 valence electrons. The summed E-state index contributed by atoms with van der Waals surface area (Å²) < 4.78 is 0. The zero-order valence-electron chi connectivity index (χ0n) is 10.9. The van der Waals surface area contributed by atoms with Crippen LogP contribution in [0.15, 0.2) is 0 Å². The van der Waals surface area contributed by atoms with E-state index in [1.165, 1.54) is 0 Å². The van der Waals surface area contributed by atoms with Gasteiger partial charge in [-0.1, -0.05) is 0 Å². The molecule has 0 bridgehead atoms. The highest BCUT2D eigenvalue weighted by Gasteiger charge is 2.64. The Morgan fingerprint density at radius 3 is 1.09 bits per heavy atom. The summed E-state index contributed by atoms with van der Waals surface area (Å²) in [7, 11) is 0.